The summed E-state index contributed by atoms with van der Waals surface area (Å²) in [5.41, 5.74) is 6.47. The van der Waals surface area contributed by atoms with Crippen LogP contribution in [-0.4, -0.2) is 22.3 Å². The number of hydrogen-bond donors (Lipinski definition) is 3. The van der Waals surface area contributed by atoms with E-state index in [4.69, 9.17) is 16.7 Å². The van der Waals surface area contributed by atoms with Gasteiger partial charge in [-0.2, -0.15) is 5.10 Å². The molecule has 5 nitrogen and oxygen atoms in total. The smallest absolute Gasteiger partial charge is 0.337 e. The minimum Gasteiger partial charge on any atom is -0.478 e. The Bertz CT molecular complexity index is 915. The fraction of sp³-hybridized carbons (Fsp3) is 0.0588. The van der Waals surface area contributed by atoms with Crippen molar-refractivity contribution in [1.29, 1.82) is 0 Å². The molecule has 1 aromatic heterocycles. The number of hydrazone groups is 1. The first-order valence-electron chi connectivity index (χ1n) is 6.95. The van der Waals surface area contributed by atoms with Gasteiger partial charge in [-0.05, 0) is 31.2 Å². The van der Waals surface area contributed by atoms with Gasteiger partial charge in [0.2, 0.25) is 0 Å². The molecule has 0 unspecified atom stereocenters. The maximum absolute atomic E-state index is 11.1. The van der Waals surface area contributed by atoms with Crippen molar-refractivity contribution < 1.29 is 9.90 Å². The minimum absolute atomic E-state index is 0.0372. The second-order valence-corrected chi connectivity index (χ2v) is 5.49. The van der Waals surface area contributed by atoms with Crippen LogP contribution in [0.15, 0.2) is 47.6 Å². The van der Waals surface area contributed by atoms with Crippen molar-refractivity contribution in [2.75, 3.05) is 5.43 Å². The molecule has 3 rings (SSSR count). The summed E-state index contributed by atoms with van der Waals surface area (Å²) >= 11 is 5.84. The fourth-order valence-electron chi connectivity index (χ4n) is 2.39. The number of carboxylic acid groups (broad SMARTS) is 1. The number of aromatic amines is 1. The lowest BCUT2D eigenvalue weighted by atomic mass is 10.1. The summed E-state index contributed by atoms with van der Waals surface area (Å²) in [5, 5.41) is 14.5. The Labute approximate surface area is 137 Å². The van der Waals surface area contributed by atoms with Gasteiger partial charge in [0, 0.05) is 22.2 Å². The molecule has 3 aromatic rings. The fourth-order valence-corrected chi connectivity index (χ4v) is 2.59. The Morgan fingerprint density at radius 2 is 2.09 bits per heavy atom. The molecule has 0 fully saturated rings. The van der Waals surface area contributed by atoms with Crippen LogP contribution in [0.4, 0.5) is 5.69 Å². The number of nitrogens with zero attached hydrogens (tertiary/aromatic N) is 1. The summed E-state index contributed by atoms with van der Waals surface area (Å²) in [5.74, 6) is -1.07. The first-order chi connectivity index (χ1) is 11.1. The van der Waals surface area contributed by atoms with Gasteiger partial charge in [-0.3, -0.25) is 5.43 Å². The molecule has 0 aliphatic rings. The molecule has 0 spiro atoms. The predicted octanol–water partition coefficient (Wildman–Crippen LogP) is 4.27. The number of hydrogen-bond acceptors (Lipinski definition) is 3. The van der Waals surface area contributed by atoms with Gasteiger partial charge in [0.05, 0.1) is 22.5 Å². The molecule has 0 saturated carbocycles. The first kappa shape index (κ1) is 15.1. The number of halogens is 1. The van der Waals surface area contributed by atoms with E-state index >= 15 is 0 Å². The number of aromatic nitrogens is 1. The van der Waals surface area contributed by atoms with Gasteiger partial charge < -0.3 is 10.1 Å². The lowest BCUT2D eigenvalue weighted by Crippen LogP contribution is -1.99. The summed E-state index contributed by atoms with van der Waals surface area (Å²) in [6.07, 6.45) is 1.71. The topological polar surface area (TPSA) is 77.5 Å². The Balaban J connectivity index is 1.85. The van der Waals surface area contributed by atoms with Crippen molar-refractivity contribution in [3.8, 4) is 0 Å². The molecule has 6 heteroatoms. The normalized spacial score (nSPS) is 11.2. The van der Waals surface area contributed by atoms with Gasteiger partial charge in [0.1, 0.15) is 0 Å². The molecule has 0 aliphatic carbocycles. The van der Waals surface area contributed by atoms with Crippen LogP contribution in [0, 0.1) is 6.92 Å². The average Bonchev–Trinajstić information content (AvgIpc) is 2.84. The van der Waals surface area contributed by atoms with E-state index in [2.05, 4.69) is 15.5 Å². The maximum atomic E-state index is 11.1. The van der Waals surface area contributed by atoms with Gasteiger partial charge in [-0.15, -0.1) is 0 Å². The van der Waals surface area contributed by atoms with Crippen LogP contribution in [0.1, 0.15) is 21.6 Å². The van der Waals surface area contributed by atoms with Crippen LogP contribution in [0.3, 0.4) is 0 Å². The average molecular weight is 328 g/mol. The molecule has 3 N–H and O–H groups in total. The zero-order valence-corrected chi connectivity index (χ0v) is 13.1. The number of benzene rings is 2. The van der Waals surface area contributed by atoms with Crippen LogP contribution in [-0.2, 0) is 0 Å². The van der Waals surface area contributed by atoms with Crippen LogP contribution < -0.4 is 5.43 Å². The number of nitrogens with one attached hydrogen (secondary N) is 2. The molecule has 1 heterocycles. The molecule has 0 amide bonds. The lowest BCUT2D eigenvalue weighted by molar-refractivity contribution is 0.0697. The molecule has 0 atom stereocenters. The molecule has 2 aromatic carbocycles. The molecule has 0 aliphatic heterocycles. The van der Waals surface area contributed by atoms with Crippen molar-refractivity contribution in [3.05, 3.63) is 64.3 Å². The number of fused-ring (bicyclic) bond motifs is 1. The Hall–Kier alpha value is -2.79. The van der Waals surface area contributed by atoms with Gasteiger partial charge >= 0.3 is 5.97 Å². The van der Waals surface area contributed by atoms with Crippen molar-refractivity contribution in [1.82, 2.24) is 4.98 Å². The Kier molecular flexibility index (Phi) is 4.04. The third-order valence-corrected chi connectivity index (χ3v) is 3.86. The number of H-pyrrole nitrogens is 1. The predicted molar refractivity (Wildman–Crippen MR) is 92.7 cm³/mol. The zero-order chi connectivity index (χ0) is 16.4. The van der Waals surface area contributed by atoms with E-state index in [0.29, 0.717) is 5.69 Å². The van der Waals surface area contributed by atoms with Crippen molar-refractivity contribution in [3.63, 3.8) is 0 Å². The summed E-state index contributed by atoms with van der Waals surface area (Å²) in [6.45, 7) is 1.98. The van der Waals surface area contributed by atoms with Gasteiger partial charge in [0.15, 0.2) is 0 Å². The minimum atomic E-state index is -1.07. The molecule has 0 radical (unpaired) electrons. The molecular weight excluding hydrogens is 314 g/mol. The quantitative estimate of drug-likeness (QED) is 0.494. The maximum Gasteiger partial charge on any atom is 0.337 e. The van der Waals surface area contributed by atoms with Gasteiger partial charge in [0.25, 0.3) is 0 Å². The van der Waals surface area contributed by atoms with Gasteiger partial charge in [-0.25, -0.2) is 4.79 Å². The highest BCUT2D eigenvalue weighted by Crippen LogP contribution is 2.22. The van der Waals surface area contributed by atoms with Crippen LogP contribution in [0.2, 0.25) is 5.02 Å². The Morgan fingerprint density at radius 1 is 1.30 bits per heavy atom. The van der Waals surface area contributed by atoms with Crippen molar-refractivity contribution >= 4 is 40.4 Å². The molecule has 116 valence electrons. The summed E-state index contributed by atoms with van der Waals surface area (Å²) < 4.78 is 0. The van der Waals surface area contributed by atoms with E-state index in [1.807, 2.05) is 31.2 Å². The van der Waals surface area contributed by atoms with E-state index in [9.17, 15) is 4.79 Å². The number of carboxylic acids is 1. The third kappa shape index (κ3) is 3.05. The second kappa shape index (κ2) is 6.14. The van der Waals surface area contributed by atoms with Crippen molar-refractivity contribution in [2.24, 2.45) is 5.10 Å². The number of para-hydroxylation sites is 1. The van der Waals surface area contributed by atoms with E-state index < -0.39 is 5.97 Å². The SMILES string of the molecule is Cc1[nH]c2ccccc2c1C=NNc1ccc(Cl)c(C(=O)O)c1. The number of anilines is 1. The standard InChI is InChI=1S/C17H14ClN3O2/c1-10-14(12-4-2-3-5-16(12)20-10)9-19-21-11-6-7-15(18)13(8-11)17(22)23/h2-9,20-21H,1H3,(H,22,23). The van der Waals surface area contributed by atoms with E-state index in [-0.39, 0.29) is 10.6 Å². The van der Waals surface area contributed by atoms with Crippen LogP contribution >= 0.6 is 11.6 Å². The number of rotatable bonds is 4. The Morgan fingerprint density at radius 3 is 2.87 bits per heavy atom. The molecular formula is C17H14ClN3O2. The second-order valence-electron chi connectivity index (χ2n) is 5.08. The van der Waals surface area contributed by atoms with Crippen LogP contribution in [0.5, 0.6) is 0 Å². The summed E-state index contributed by atoms with van der Waals surface area (Å²) in [6, 6.07) is 12.6. The number of carbonyl (C=O) groups is 1. The zero-order valence-electron chi connectivity index (χ0n) is 12.3. The molecule has 23 heavy (non-hydrogen) atoms. The molecule has 0 bridgehead atoms. The molecule has 0 saturated heterocycles. The largest absolute Gasteiger partial charge is 0.478 e. The highest BCUT2D eigenvalue weighted by Gasteiger charge is 2.09. The lowest BCUT2D eigenvalue weighted by Gasteiger charge is -2.03. The van der Waals surface area contributed by atoms with Crippen molar-refractivity contribution in [2.45, 2.75) is 6.92 Å². The number of aryl methyl sites for hydroxylation is 1. The van der Waals surface area contributed by atoms with E-state index in [1.165, 1.54) is 12.1 Å². The monoisotopic (exact) mass is 327 g/mol. The summed E-state index contributed by atoms with van der Waals surface area (Å²) in [7, 11) is 0. The number of aromatic carboxylic acids is 1. The van der Waals surface area contributed by atoms with Gasteiger partial charge in [-0.1, -0.05) is 29.8 Å². The van der Waals surface area contributed by atoms with E-state index in [0.717, 1.165) is 22.2 Å². The third-order valence-electron chi connectivity index (χ3n) is 3.53. The van der Waals surface area contributed by atoms with E-state index in [1.54, 1.807) is 12.3 Å². The van der Waals surface area contributed by atoms with Crippen LogP contribution in [0.25, 0.3) is 10.9 Å². The highest BCUT2D eigenvalue weighted by molar-refractivity contribution is 6.33. The first-order valence-corrected chi connectivity index (χ1v) is 7.33. The summed E-state index contributed by atoms with van der Waals surface area (Å²) in [4.78, 5) is 14.4. The highest BCUT2D eigenvalue weighted by atomic mass is 35.5.